The van der Waals surface area contributed by atoms with Crippen LogP contribution < -0.4 is 5.32 Å². The molecule has 8 nitrogen and oxygen atoms in total. The summed E-state index contributed by atoms with van der Waals surface area (Å²) in [6, 6.07) is 11.7. The molecule has 2 aromatic rings. The predicted molar refractivity (Wildman–Crippen MR) is 138 cm³/mol. The van der Waals surface area contributed by atoms with Crippen LogP contribution in [0.3, 0.4) is 0 Å². The zero-order valence-corrected chi connectivity index (χ0v) is 21.5. The number of carbonyl (C=O) groups is 1. The Bertz CT molecular complexity index is 1000. The molecule has 2 amide bonds. The van der Waals surface area contributed by atoms with E-state index in [4.69, 9.17) is 9.51 Å². The third-order valence-corrected chi connectivity index (χ3v) is 9.13. The maximum Gasteiger partial charge on any atom is 0.317 e. The average Bonchev–Trinajstić information content (AvgIpc) is 3.43. The number of hydrogen-bond donors (Lipinski definition) is 1. The molecule has 3 aliphatic heterocycles. The first-order valence-corrected chi connectivity index (χ1v) is 14.0. The summed E-state index contributed by atoms with van der Waals surface area (Å²) in [5.41, 5.74) is 1.19. The second-order valence-corrected chi connectivity index (χ2v) is 11.4. The summed E-state index contributed by atoms with van der Waals surface area (Å²) in [5, 5.41) is 7.78. The zero-order valence-electron chi connectivity index (χ0n) is 21.5. The summed E-state index contributed by atoms with van der Waals surface area (Å²) in [6.07, 6.45) is 9.32. The number of fused-ring (bicyclic) bond motifs is 2. The number of amides is 2. The van der Waals surface area contributed by atoms with Crippen LogP contribution in [-0.2, 0) is 0 Å². The number of hydrogen-bond acceptors (Lipinski definition) is 6. The first-order valence-electron chi connectivity index (χ1n) is 14.0. The van der Waals surface area contributed by atoms with E-state index in [1.807, 2.05) is 11.0 Å². The minimum atomic E-state index is 0.0257. The number of carbonyl (C=O) groups excluding carboxylic acids is 1. The Morgan fingerprint density at radius 1 is 1.03 bits per heavy atom. The van der Waals surface area contributed by atoms with Gasteiger partial charge < -0.3 is 19.6 Å². The van der Waals surface area contributed by atoms with Crippen molar-refractivity contribution in [2.24, 2.45) is 0 Å². The normalized spacial score (nSPS) is 28.1. The van der Waals surface area contributed by atoms with Crippen molar-refractivity contribution in [1.82, 2.24) is 30.2 Å². The molecule has 1 aromatic carbocycles. The number of piperidine rings is 1. The Balaban J connectivity index is 1.08. The van der Waals surface area contributed by atoms with E-state index < -0.39 is 0 Å². The van der Waals surface area contributed by atoms with Crippen LogP contribution in [0.25, 0.3) is 0 Å². The molecule has 194 valence electrons. The topological polar surface area (TPSA) is 77.7 Å². The van der Waals surface area contributed by atoms with Crippen LogP contribution in [0.5, 0.6) is 0 Å². The minimum absolute atomic E-state index is 0.0257. The van der Waals surface area contributed by atoms with Gasteiger partial charge in [-0.15, -0.1) is 0 Å². The number of piperazine rings is 1. The number of nitrogens with one attached hydrogen (secondary N) is 1. The maximum absolute atomic E-state index is 13.1. The van der Waals surface area contributed by atoms with Crippen molar-refractivity contribution >= 4 is 6.03 Å². The van der Waals surface area contributed by atoms with E-state index >= 15 is 0 Å². The van der Waals surface area contributed by atoms with E-state index in [0.29, 0.717) is 23.9 Å². The molecule has 0 spiro atoms. The Labute approximate surface area is 214 Å². The fraction of sp³-hybridized carbons (Fsp3) is 0.679. The molecule has 4 fully saturated rings. The molecule has 0 radical (unpaired) electrons. The summed E-state index contributed by atoms with van der Waals surface area (Å²) in [4.78, 5) is 24.9. The first-order chi connectivity index (χ1) is 17.6. The molecule has 1 aliphatic carbocycles. The molecule has 6 rings (SSSR count). The maximum atomic E-state index is 13.1. The molecule has 1 N–H and O–H groups in total. The number of likely N-dealkylation sites (N-methyl/N-ethyl adjacent to an activating group) is 1. The smallest absolute Gasteiger partial charge is 0.317 e. The highest BCUT2D eigenvalue weighted by Gasteiger charge is 2.42. The lowest BCUT2D eigenvalue weighted by molar-refractivity contribution is 0.116. The van der Waals surface area contributed by atoms with Crippen LogP contribution in [0.1, 0.15) is 86.5 Å². The van der Waals surface area contributed by atoms with E-state index in [1.165, 1.54) is 37.7 Å². The van der Waals surface area contributed by atoms with Crippen molar-refractivity contribution in [1.29, 1.82) is 0 Å². The van der Waals surface area contributed by atoms with Gasteiger partial charge in [-0.25, -0.2) is 4.79 Å². The van der Waals surface area contributed by atoms with Gasteiger partial charge in [-0.1, -0.05) is 41.9 Å². The predicted octanol–water partition coefficient (Wildman–Crippen LogP) is 4.14. The van der Waals surface area contributed by atoms with E-state index in [9.17, 15) is 4.79 Å². The molecule has 0 unspecified atom stereocenters. The molecule has 8 heteroatoms. The fourth-order valence-electron chi connectivity index (χ4n) is 6.62. The second-order valence-electron chi connectivity index (χ2n) is 11.4. The summed E-state index contributed by atoms with van der Waals surface area (Å²) in [7, 11) is 2.12. The Morgan fingerprint density at radius 3 is 2.42 bits per heavy atom. The molecular formula is C28H40N6O2. The van der Waals surface area contributed by atoms with Crippen LogP contribution in [0.2, 0.25) is 0 Å². The van der Waals surface area contributed by atoms with Crippen molar-refractivity contribution in [3.05, 3.63) is 47.6 Å². The summed E-state index contributed by atoms with van der Waals surface area (Å²) in [5.74, 6) is 2.72. The van der Waals surface area contributed by atoms with Crippen LogP contribution in [-0.4, -0.2) is 82.7 Å². The first kappa shape index (κ1) is 23.9. The number of aromatic nitrogens is 2. The molecule has 1 saturated carbocycles. The zero-order chi connectivity index (χ0) is 24.5. The van der Waals surface area contributed by atoms with Crippen molar-refractivity contribution in [3.63, 3.8) is 0 Å². The van der Waals surface area contributed by atoms with Gasteiger partial charge >= 0.3 is 6.03 Å². The largest absolute Gasteiger partial charge is 0.339 e. The fourth-order valence-corrected chi connectivity index (χ4v) is 6.62. The summed E-state index contributed by atoms with van der Waals surface area (Å²) in [6.45, 7) is 4.46. The van der Waals surface area contributed by atoms with Gasteiger partial charge in [-0.3, -0.25) is 4.90 Å². The van der Waals surface area contributed by atoms with Crippen molar-refractivity contribution in [2.75, 3.05) is 39.8 Å². The van der Waals surface area contributed by atoms with E-state index in [1.54, 1.807) is 0 Å². The standard InChI is InChI=1S/C28H40N6O2/c1-32-14-16-33(17-15-32)28(35)29-25(20-6-3-2-4-7-20)12-13-34-23-10-11-24(34)19-22(18-23)26-30-27(36-31-26)21-8-5-9-21/h2-4,6-7,21-25H,5,8-19H2,1H3,(H,29,35)/t23-,24-,25+/m0/s1. The lowest BCUT2D eigenvalue weighted by Crippen LogP contribution is -2.51. The third-order valence-electron chi connectivity index (χ3n) is 9.13. The molecule has 36 heavy (non-hydrogen) atoms. The number of urea groups is 1. The average molecular weight is 493 g/mol. The monoisotopic (exact) mass is 492 g/mol. The summed E-state index contributed by atoms with van der Waals surface area (Å²) >= 11 is 0. The number of nitrogens with zero attached hydrogens (tertiary/aromatic N) is 5. The number of rotatable bonds is 7. The van der Waals surface area contributed by atoms with Crippen molar-refractivity contribution in [2.45, 2.75) is 81.3 Å². The van der Waals surface area contributed by atoms with Crippen LogP contribution >= 0.6 is 0 Å². The highest BCUT2D eigenvalue weighted by molar-refractivity contribution is 5.74. The highest BCUT2D eigenvalue weighted by Crippen LogP contribution is 2.43. The van der Waals surface area contributed by atoms with Crippen LogP contribution in [0.4, 0.5) is 4.79 Å². The molecule has 4 aliphatic rings. The van der Waals surface area contributed by atoms with Crippen LogP contribution in [0.15, 0.2) is 34.9 Å². The highest BCUT2D eigenvalue weighted by atomic mass is 16.5. The van der Waals surface area contributed by atoms with Crippen molar-refractivity contribution < 1.29 is 9.32 Å². The van der Waals surface area contributed by atoms with Gasteiger partial charge in [-0.05, 0) is 57.6 Å². The molecule has 4 heterocycles. The Morgan fingerprint density at radius 2 is 1.75 bits per heavy atom. The van der Waals surface area contributed by atoms with Gasteiger partial charge in [0.05, 0.1) is 6.04 Å². The lowest BCUT2D eigenvalue weighted by Gasteiger charge is -2.39. The molecule has 2 bridgehead atoms. The lowest BCUT2D eigenvalue weighted by atomic mass is 9.85. The Hall–Kier alpha value is -2.45. The molecule has 3 saturated heterocycles. The second kappa shape index (κ2) is 10.5. The van der Waals surface area contributed by atoms with E-state index in [0.717, 1.165) is 63.7 Å². The molecule has 1 aromatic heterocycles. The summed E-state index contributed by atoms with van der Waals surface area (Å²) < 4.78 is 5.64. The SMILES string of the molecule is CN1CCN(C(=O)N[C@H](CCN2[C@H]3CC[C@H]2CC(c2noc(C4CCC4)n2)C3)c2ccccc2)CC1. The van der Waals surface area contributed by atoms with Gasteiger partial charge in [-0.2, -0.15) is 4.98 Å². The van der Waals surface area contributed by atoms with Gasteiger partial charge in [0.15, 0.2) is 5.82 Å². The number of benzene rings is 1. The van der Waals surface area contributed by atoms with Crippen LogP contribution in [0, 0.1) is 0 Å². The quantitative estimate of drug-likeness (QED) is 0.626. The molecule has 3 atom stereocenters. The molecular weight excluding hydrogens is 452 g/mol. The minimum Gasteiger partial charge on any atom is -0.339 e. The van der Waals surface area contributed by atoms with Gasteiger partial charge in [0, 0.05) is 56.6 Å². The third kappa shape index (κ3) is 5.02. The van der Waals surface area contributed by atoms with Gasteiger partial charge in [0.2, 0.25) is 5.89 Å². The van der Waals surface area contributed by atoms with E-state index in [2.05, 4.69) is 51.6 Å². The van der Waals surface area contributed by atoms with Crippen molar-refractivity contribution in [3.8, 4) is 0 Å². The van der Waals surface area contributed by atoms with Gasteiger partial charge in [0.1, 0.15) is 0 Å². The van der Waals surface area contributed by atoms with Gasteiger partial charge in [0.25, 0.3) is 0 Å². The Kier molecular flexibility index (Phi) is 6.98. The van der Waals surface area contributed by atoms with E-state index in [-0.39, 0.29) is 12.1 Å².